The van der Waals surface area contributed by atoms with Crippen molar-refractivity contribution in [1.82, 2.24) is 0 Å². The lowest BCUT2D eigenvalue weighted by Crippen LogP contribution is -1.89. The molecule has 0 aliphatic carbocycles. The lowest BCUT2D eigenvalue weighted by atomic mass is 9.98. The van der Waals surface area contributed by atoms with Crippen molar-refractivity contribution >= 4 is 10.8 Å². The third kappa shape index (κ3) is 2.25. The molecule has 0 unspecified atom stereocenters. The summed E-state index contributed by atoms with van der Waals surface area (Å²) in [6.45, 7) is 0. The number of fused-ring (bicyclic) bond motifs is 1. The van der Waals surface area contributed by atoms with Crippen molar-refractivity contribution in [3.63, 3.8) is 0 Å². The fourth-order valence-electron chi connectivity index (χ4n) is 2.35. The molecule has 0 aliphatic heterocycles. The second kappa shape index (κ2) is 4.65. The lowest BCUT2D eigenvalue weighted by molar-refractivity contribution is 0.403. The summed E-state index contributed by atoms with van der Waals surface area (Å²) in [5.74, 6) is -0.153. The van der Waals surface area contributed by atoms with Crippen molar-refractivity contribution in [3.05, 3.63) is 71.8 Å². The molecule has 3 rings (SSSR count). The highest BCUT2D eigenvalue weighted by Crippen LogP contribution is 2.27. The number of benzene rings is 3. The summed E-state index contributed by atoms with van der Waals surface area (Å²) in [6, 6.07) is 19.4. The quantitative estimate of drug-likeness (QED) is 0.678. The molecule has 3 aromatic rings. The number of hydrogen-bond acceptors (Lipinski definition) is 2. The molecular weight excluding hydrogens is 236 g/mol. The molecule has 0 heterocycles. The van der Waals surface area contributed by atoms with Crippen molar-refractivity contribution in [2.75, 3.05) is 0 Å². The van der Waals surface area contributed by atoms with Crippen LogP contribution in [-0.2, 0) is 6.42 Å². The third-order valence-corrected chi connectivity index (χ3v) is 3.31. The molecule has 2 N–H and O–H groups in total. The summed E-state index contributed by atoms with van der Waals surface area (Å²) in [4.78, 5) is 0. The summed E-state index contributed by atoms with van der Waals surface area (Å²) in [6.07, 6.45) is 0.731. The van der Waals surface area contributed by atoms with Gasteiger partial charge < -0.3 is 10.2 Å². The highest BCUT2D eigenvalue weighted by molar-refractivity contribution is 5.85. The topological polar surface area (TPSA) is 40.5 Å². The Labute approximate surface area is 111 Å². The van der Waals surface area contributed by atoms with Crippen LogP contribution in [0.15, 0.2) is 60.7 Å². The van der Waals surface area contributed by atoms with Gasteiger partial charge in [0.15, 0.2) is 11.5 Å². The van der Waals surface area contributed by atoms with Crippen LogP contribution in [0.3, 0.4) is 0 Å². The largest absolute Gasteiger partial charge is 0.504 e. The van der Waals surface area contributed by atoms with E-state index in [-0.39, 0.29) is 11.5 Å². The first kappa shape index (κ1) is 11.6. The molecule has 19 heavy (non-hydrogen) atoms. The minimum atomic E-state index is -0.0818. The van der Waals surface area contributed by atoms with E-state index < -0.39 is 0 Å². The Balaban J connectivity index is 2.03. The zero-order valence-corrected chi connectivity index (χ0v) is 10.4. The molecule has 0 saturated heterocycles. The smallest absolute Gasteiger partial charge is 0.157 e. The Morgan fingerprint density at radius 3 is 2.37 bits per heavy atom. The summed E-state index contributed by atoms with van der Waals surface area (Å²) in [5, 5.41) is 21.3. The van der Waals surface area contributed by atoms with Crippen LogP contribution in [-0.4, -0.2) is 10.2 Å². The van der Waals surface area contributed by atoms with E-state index in [9.17, 15) is 10.2 Å². The van der Waals surface area contributed by atoms with Crippen molar-refractivity contribution in [1.29, 1.82) is 0 Å². The lowest BCUT2D eigenvalue weighted by Gasteiger charge is -2.07. The van der Waals surface area contributed by atoms with Crippen molar-refractivity contribution in [3.8, 4) is 11.5 Å². The van der Waals surface area contributed by atoms with Gasteiger partial charge in [-0.3, -0.25) is 0 Å². The maximum Gasteiger partial charge on any atom is 0.157 e. The van der Waals surface area contributed by atoms with Gasteiger partial charge in [-0.2, -0.15) is 0 Å². The van der Waals surface area contributed by atoms with E-state index in [0.717, 1.165) is 12.0 Å². The second-order valence-corrected chi connectivity index (χ2v) is 4.64. The van der Waals surface area contributed by atoms with Gasteiger partial charge >= 0.3 is 0 Å². The second-order valence-electron chi connectivity index (χ2n) is 4.64. The molecule has 2 heteroatoms. The Morgan fingerprint density at radius 2 is 1.53 bits per heavy atom. The molecule has 0 fully saturated rings. The van der Waals surface area contributed by atoms with Gasteiger partial charge in [-0.15, -0.1) is 0 Å². The molecule has 0 saturated carbocycles. The molecule has 2 nitrogen and oxygen atoms in total. The number of hydrogen-bond donors (Lipinski definition) is 2. The van der Waals surface area contributed by atoms with Crippen LogP contribution in [0.1, 0.15) is 11.1 Å². The predicted octanol–water partition coefficient (Wildman–Crippen LogP) is 3.84. The van der Waals surface area contributed by atoms with Gasteiger partial charge in [0.25, 0.3) is 0 Å². The van der Waals surface area contributed by atoms with Gasteiger partial charge in [-0.25, -0.2) is 0 Å². The van der Waals surface area contributed by atoms with Crippen LogP contribution >= 0.6 is 0 Å². The first-order chi connectivity index (χ1) is 9.24. The summed E-state index contributed by atoms with van der Waals surface area (Å²) in [7, 11) is 0. The van der Waals surface area contributed by atoms with Gasteiger partial charge in [-0.05, 0) is 40.5 Å². The van der Waals surface area contributed by atoms with E-state index in [1.165, 1.54) is 22.4 Å². The standard InChI is InChI=1S/C17H14O2/c18-16-9-8-12(11-17(16)19)10-14-6-3-5-13-4-1-2-7-15(13)14/h1-9,11,18-19H,10H2. The molecule has 0 spiro atoms. The van der Waals surface area contributed by atoms with Crippen molar-refractivity contribution in [2.24, 2.45) is 0 Å². The number of aromatic hydroxyl groups is 2. The summed E-state index contributed by atoms with van der Waals surface area (Å²) >= 11 is 0. The van der Waals surface area contributed by atoms with E-state index in [0.29, 0.717) is 0 Å². The van der Waals surface area contributed by atoms with Gasteiger partial charge in [0.2, 0.25) is 0 Å². The number of rotatable bonds is 2. The average molecular weight is 250 g/mol. The molecule has 0 atom stereocenters. The maximum absolute atomic E-state index is 9.54. The van der Waals surface area contributed by atoms with Gasteiger partial charge in [0, 0.05) is 0 Å². The van der Waals surface area contributed by atoms with E-state index in [1.54, 1.807) is 6.07 Å². The molecule has 0 radical (unpaired) electrons. The van der Waals surface area contributed by atoms with Crippen LogP contribution in [0.4, 0.5) is 0 Å². The first-order valence-corrected chi connectivity index (χ1v) is 6.21. The zero-order valence-electron chi connectivity index (χ0n) is 10.4. The Bertz CT molecular complexity index is 727. The molecular formula is C17H14O2. The fourth-order valence-corrected chi connectivity index (χ4v) is 2.35. The summed E-state index contributed by atoms with van der Waals surface area (Å²) in [5.41, 5.74) is 2.19. The van der Waals surface area contributed by atoms with Crippen LogP contribution in [0.25, 0.3) is 10.8 Å². The van der Waals surface area contributed by atoms with E-state index in [2.05, 4.69) is 24.3 Å². The van der Waals surface area contributed by atoms with E-state index in [1.807, 2.05) is 24.3 Å². The van der Waals surface area contributed by atoms with Crippen LogP contribution in [0, 0.1) is 0 Å². The van der Waals surface area contributed by atoms with Crippen LogP contribution < -0.4 is 0 Å². The van der Waals surface area contributed by atoms with Crippen LogP contribution in [0.2, 0.25) is 0 Å². The molecule has 0 aromatic heterocycles. The van der Waals surface area contributed by atoms with E-state index in [4.69, 9.17) is 0 Å². The van der Waals surface area contributed by atoms with Crippen molar-refractivity contribution in [2.45, 2.75) is 6.42 Å². The van der Waals surface area contributed by atoms with E-state index >= 15 is 0 Å². The highest BCUT2D eigenvalue weighted by atomic mass is 16.3. The summed E-state index contributed by atoms with van der Waals surface area (Å²) < 4.78 is 0. The Hall–Kier alpha value is -2.48. The normalized spacial score (nSPS) is 10.7. The Kier molecular flexibility index (Phi) is 2.84. The number of phenolic OH excluding ortho intramolecular Hbond substituents is 2. The molecule has 94 valence electrons. The average Bonchev–Trinajstić information content (AvgIpc) is 2.43. The molecule has 0 aliphatic rings. The van der Waals surface area contributed by atoms with Crippen LogP contribution in [0.5, 0.6) is 11.5 Å². The SMILES string of the molecule is Oc1ccc(Cc2cccc3ccccc23)cc1O. The minimum Gasteiger partial charge on any atom is -0.504 e. The zero-order chi connectivity index (χ0) is 13.2. The molecule has 3 aromatic carbocycles. The fraction of sp³-hybridized carbons (Fsp3) is 0.0588. The van der Waals surface area contributed by atoms with Gasteiger partial charge in [-0.1, -0.05) is 48.5 Å². The number of phenols is 2. The monoisotopic (exact) mass is 250 g/mol. The first-order valence-electron chi connectivity index (χ1n) is 6.21. The third-order valence-electron chi connectivity index (χ3n) is 3.31. The van der Waals surface area contributed by atoms with Gasteiger partial charge in [0.05, 0.1) is 0 Å². The van der Waals surface area contributed by atoms with Gasteiger partial charge in [0.1, 0.15) is 0 Å². The Morgan fingerprint density at radius 1 is 0.737 bits per heavy atom. The highest BCUT2D eigenvalue weighted by Gasteiger charge is 2.04. The maximum atomic E-state index is 9.54. The predicted molar refractivity (Wildman–Crippen MR) is 76.5 cm³/mol. The van der Waals surface area contributed by atoms with Crippen molar-refractivity contribution < 1.29 is 10.2 Å². The molecule has 0 bridgehead atoms. The molecule has 0 amide bonds. The minimum absolute atomic E-state index is 0.0715.